The van der Waals surface area contributed by atoms with Gasteiger partial charge in [0.1, 0.15) is 0 Å². The van der Waals surface area contributed by atoms with Gasteiger partial charge in [-0.25, -0.2) is 0 Å². The van der Waals surface area contributed by atoms with Crippen LogP contribution in [-0.2, 0) is 14.2 Å². The Balaban J connectivity index is 0. The van der Waals surface area contributed by atoms with Gasteiger partial charge in [0, 0.05) is 0 Å². The van der Waals surface area contributed by atoms with Crippen LogP contribution in [-0.4, -0.2) is 53.3 Å². The quantitative estimate of drug-likeness (QED) is 0.270. The fraction of sp³-hybridized carbons (Fsp3) is 0.333. The van der Waals surface area contributed by atoms with Gasteiger partial charge >= 0.3 is 38.1 Å². The van der Waals surface area contributed by atoms with Crippen LogP contribution in [0.5, 0.6) is 0 Å². The van der Waals surface area contributed by atoms with E-state index in [1.54, 1.807) is 0 Å². The van der Waals surface area contributed by atoms with E-state index in [0.717, 1.165) is 0 Å². The minimum atomic E-state index is -2.29. The van der Waals surface area contributed by atoms with Crippen molar-refractivity contribution in [2.75, 3.05) is 0 Å². The van der Waals surface area contributed by atoms with E-state index >= 15 is 0 Å². The molecule has 0 aromatic carbocycles. The van der Waals surface area contributed by atoms with Crippen LogP contribution in [0.1, 0.15) is 6.42 Å². The molecule has 0 spiro atoms. The number of allylic oxidation sites excluding steroid dienone is 1. The van der Waals surface area contributed by atoms with Crippen molar-refractivity contribution < 1.29 is 29.4 Å². The standard InChI is InChI=1S/C6H9BO6.Li.H/c1-2-3-4(5(8)9)6(10)13-7(11)12;;/h2,4,11-12H,1,3H2,(H,8,9);;. The van der Waals surface area contributed by atoms with Crippen LogP contribution in [0.2, 0.25) is 0 Å². The number of hydrogen-bond acceptors (Lipinski definition) is 5. The molecule has 1 unspecified atom stereocenters. The van der Waals surface area contributed by atoms with Gasteiger partial charge in [-0.1, -0.05) is 6.08 Å². The number of carbonyl (C=O) groups excluding carboxylic acids is 1. The van der Waals surface area contributed by atoms with Crippen LogP contribution in [0, 0.1) is 5.92 Å². The van der Waals surface area contributed by atoms with Crippen molar-refractivity contribution in [3.63, 3.8) is 0 Å². The van der Waals surface area contributed by atoms with E-state index in [4.69, 9.17) is 15.2 Å². The first-order chi connectivity index (χ1) is 5.99. The number of hydrogen-bond donors (Lipinski definition) is 3. The van der Waals surface area contributed by atoms with Gasteiger partial charge in [-0.05, 0) is 6.42 Å². The predicted molar refractivity (Wildman–Crippen MR) is 49.4 cm³/mol. The van der Waals surface area contributed by atoms with E-state index in [1.807, 2.05) is 0 Å². The van der Waals surface area contributed by atoms with Crippen LogP contribution in [0.4, 0.5) is 0 Å². The van der Waals surface area contributed by atoms with Crippen molar-refractivity contribution in [1.29, 1.82) is 0 Å². The van der Waals surface area contributed by atoms with Gasteiger partial charge in [0.05, 0.1) is 0 Å². The first-order valence-corrected chi connectivity index (χ1v) is 3.39. The SMILES string of the molecule is C=CCC(C(=O)O)C(=O)OB(O)O.[LiH]. The average Bonchev–Trinajstić information content (AvgIpc) is 1.97. The number of carbonyl (C=O) groups is 2. The number of aliphatic carboxylic acids is 1. The molecule has 6 nitrogen and oxygen atoms in total. The molecule has 1 atom stereocenters. The normalized spacial score (nSPS) is 10.7. The van der Waals surface area contributed by atoms with E-state index < -0.39 is 25.2 Å². The molecule has 0 aromatic rings. The van der Waals surface area contributed by atoms with Crippen molar-refractivity contribution in [1.82, 2.24) is 0 Å². The Bertz CT molecular complexity index is 218. The Morgan fingerprint density at radius 3 is 2.29 bits per heavy atom. The molecule has 0 radical (unpaired) electrons. The summed E-state index contributed by atoms with van der Waals surface area (Å²) in [6.45, 7) is 3.25. The van der Waals surface area contributed by atoms with Crippen molar-refractivity contribution in [3.8, 4) is 0 Å². The zero-order valence-corrected chi connectivity index (χ0v) is 6.71. The fourth-order valence-corrected chi connectivity index (χ4v) is 0.651. The van der Waals surface area contributed by atoms with Crippen LogP contribution in [0.3, 0.4) is 0 Å². The molecule has 0 aliphatic heterocycles. The van der Waals surface area contributed by atoms with Crippen molar-refractivity contribution >= 4 is 38.1 Å². The third-order valence-corrected chi connectivity index (χ3v) is 1.21. The van der Waals surface area contributed by atoms with E-state index in [0.29, 0.717) is 0 Å². The van der Waals surface area contributed by atoms with Gasteiger partial charge in [0.15, 0.2) is 5.92 Å². The van der Waals surface area contributed by atoms with Gasteiger partial charge in [-0.15, -0.1) is 6.58 Å². The van der Waals surface area contributed by atoms with E-state index in [9.17, 15) is 9.59 Å². The first kappa shape index (κ1) is 15.7. The maximum absolute atomic E-state index is 10.8. The molecule has 0 saturated heterocycles. The van der Waals surface area contributed by atoms with Gasteiger partial charge in [0.2, 0.25) is 0 Å². The maximum atomic E-state index is 10.8. The Kier molecular flexibility index (Phi) is 8.59. The molecule has 0 bridgehead atoms. The number of carboxylic acid groups (broad SMARTS) is 1. The monoisotopic (exact) mass is 196 g/mol. The third kappa shape index (κ3) is 5.83. The van der Waals surface area contributed by atoms with Crippen LogP contribution in [0.15, 0.2) is 12.7 Å². The Labute approximate surface area is 92.9 Å². The van der Waals surface area contributed by atoms with Gasteiger partial charge in [-0.3, -0.25) is 9.59 Å². The topological polar surface area (TPSA) is 104 Å². The summed E-state index contributed by atoms with van der Waals surface area (Å²) in [5.74, 6) is -4.05. The minimum absolute atomic E-state index is 0. The van der Waals surface area contributed by atoms with Gasteiger partial charge < -0.3 is 19.8 Å². The molecule has 0 heterocycles. The van der Waals surface area contributed by atoms with Gasteiger partial charge in [-0.2, -0.15) is 0 Å². The summed E-state index contributed by atoms with van der Waals surface area (Å²) in [5, 5.41) is 24.9. The molecule has 0 aliphatic carbocycles. The summed E-state index contributed by atoms with van der Waals surface area (Å²) < 4.78 is 3.87. The molecule has 0 amide bonds. The third-order valence-electron chi connectivity index (χ3n) is 1.21. The number of rotatable bonds is 5. The summed E-state index contributed by atoms with van der Waals surface area (Å²) in [6.07, 6.45) is 1.10. The second-order valence-electron chi connectivity index (χ2n) is 2.18. The Hall–Kier alpha value is -0.738. The van der Waals surface area contributed by atoms with E-state index in [1.165, 1.54) is 6.08 Å². The molecular weight excluding hydrogens is 186 g/mol. The Morgan fingerprint density at radius 2 is 2.00 bits per heavy atom. The zero-order chi connectivity index (χ0) is 10.4. The van der Waals surface area contributed by atoms with E-state index in [2.05, 4.69) is 11.2 Å². The van der Waals surface area contributed by atoms with Crippen molar-refractivity contribution in [2.45, 2.75) is 6.42 Å². The van der Waals surface area contributed by atoms with Crippen LogP contribution < -0.4 is 0 Å². The summed E-state index contributed by atoms with van der Waals surface area (Å²) in [6, 6.07) is 0. The molecule has 0 fully saturated rings. The summed E-state index contributed by atoms with van der Waals surface area (Å²) in [5.41, 5.74) is 0. The average molecular weight is 196 g/mol. The second kappa shape index (κ2) is 7.65. The summed E-state index contributed by atoms with van der Waals surface area (Å²) >= 11 is 0. The molecule has 0 aliphatic rings. The summed E-state index contributed by atoms with van der Waals surface area (Å²) in [4.78, 5) is 21.2. The first-order valence-electron chi connectivity index (χ1n) is 3.39. The zero-order valence-electron chi connectivity index (χ0n) is 6.71. The Morgan fingerprint density at radius 1 is 1.50 bits per heavy atom. The molecule has 14 heavy (non-hydrogen) atoms. The molecule has 8 heteroatoms. The van der Waals surface area contributed by atoms with Crippen molar-refractivity contribution in [3.05, 3.63) is 12.7 Å². The molecule has 0 rings (SSSR count). The predicted octanol–water partition coefficient (Wildman–Crippen LogP) is -1.87. The van der Waals surface area contributed by atoms with Crippen molar-refractivity contribution in [2.24, 2.45) is 5.92 Å². The molecular formula is C6H10BLiO6. The summed E-state index contributed by atoms with van der Waals surface area (Å²) in [7, 11) is -2.29. The molecule has 3 N–H and O–H groups in total. The molecule has 0 aromatic heterocycles. The van der Waals surface area contributed by atoms with Crippen LogP contribution in [0.25, 0.3) is 0 Å². The van der Waals surface area contributed by atoms with Crippen LogP contribution >= 0.6 is 0 Å². The fourth-order valence-electron chi connectivity index (χ4n) is 0.651. The second-order valence-corrected chi connectivity index (χ2v) is 2.18. The van der Waals surface area contributed by atoms with Gasteiger partial charge in [0.25, 0.3) is 0 Å². The number of carboxylic acids is 1. The molecule has 74 valence electrons. The van der Waals surface area contributed by atoms with E-state index in [-0.39, 0.29) is 25.3 Å². The molecule has 0 saturated carbocycles.